The Morgan fingerprint density at radius 3 is 2.47 bits per heavy atom. The fourth-order valence-electron chi connectivity index (χ4n) is 3.06. The second-order valence-electron chi connectivity index (χ2n) is 6.10. The maximum Gasteiger partial charge on any atom is 0.314 e. The van der Waals surface area contributed by atoms with Crippen LogP contribution in [0.2, 0.25) is 0 Å². The van der Waals surface area contributed by atoms with E-state index >= 15 is 0 Å². The van der Waals surface area contributed by atoms with Crippen molar-refractivity contribution in [3.8, 4) is 0 Å². The molecule has 0 radical (unpaired) electrons. The first-order valence-corrected chi connectivity index (χ1v) is 6.76. The molecule has 0 atom stereocenters. The third kappa shape index (κ3) is 2.27. The summed E-state index contributed by atoms with van der Waals surface area (Å²) in [6.45, 7) is 4.78. The first-order chi connectivity index (χ1) is 8.94. The minimum atomic E-state index is -0.695. The van der Waals surface area contributed by atoms with Crippen molar-refractivity contribution in [1.29, 1.82) is 0 Å². The van der Waals surface area contributed by atoms with E-state index in [2.05, 4.69) is 13.8 Å². The lowest BCUT2D eigenvalue weighted by atomic mass is 9.61. The number of ether oxygens (including phenoxy) is 1. The van der Waals surface area contributed by atoms with Crippen LogP contribution in [-0.2, 0) is 20.4 Å². The van der Waals surface area contributed by atoms with E-state index in [1.807, 2.05) is 24.3 Å². The summed E-state index contributed by atoms with van der Waals surface area (Å²) in [5.74, 6) is -0.695. The van der Waals surface area contributed by atoms with Gasteiger partial charge in [-0.15, -0.1) is 0 Å². The van der Waals surface area contributed by atoms with E-state index in [4.69, 9.17) is 4.74 Å². The maximum absolute atomic E-state index is 11.7. The summed E-state index contributed by atoms with van der Waals surface area (Å²) in [6, 6.07) is 7.92. The highest BCUT2D eigenvalue weighted by molar-refractivity contribution is 5.83. The molecule has 2 rings (SSSR count). The molecule has 19 heavy (non-hydrogen) atoms. The van der Waals surface area contributed by atoms with Crippen LogP contribution < -0.4 is 0 Å². The van der Waals surface area contributed by atoms with Gasteiger partial charge < -0.3 is 9.84 Å². The van der Waals surface area contributed by atoms with Gasteiger partial charge in [0.05, 0.1) is 12.0 Å². The maximum atomic E-state index is 11.7. The molecular formula is C16H22O3. The van der Waals surface area contributed by atoms with Gasteiger partial charge in [-0.1, -0.05) is 44.5 Å². The van der Waals surface area contributed by atoms with Gasteiger partial charge in [-0.25, -0.2) is 0 Å². The monoisotopic (exact) mass is 262 g/mol. The molecule has 0 amide bonds. The third-order valence-corrected chi connectivity index (χ3v) is 4.29. The van der Waals surface area contributed by atoms with E-state index in [1.54, 1.807) is 7.11 Å². The Morgan fingerprint density at radius 2 is 2.00 bits per heavy atom. The number of carbonyl (C=O) groups is 1. The van der Waals surface area contributed by atoms with Gasteiger partial charge in [0.25, 0.3) is 0 Å². The lowest BCUT2D eigenvalue weighted by molar-refractivity contribution is -0.147. The van der Waals surface area contributed by atoms with E-state index in [-0.39, 0.29) is 5.41 Å². The fraction of sp³-hybridized carbons (Fsp3) is 0.562. The Bertz CT molecular complexity index is 473. The molecule has 1 aromatic carbocycles. The standard InChI is InChI=1S/C16H22O3/c1-15(2,11-19-3)12-7-4-5-8-13(12)16(14(17)18)9-6-10-16/h4-5,7-8H,6,9-11H2,1-3H3,(H,17,18). The van der Waals surface area contributed by atoms with Crippen LogP contribution in [0.15, 0.2) is 24.3 Å². The summed E-state index contributed by atoms with van der Waals surface area (Å²) in [5, 5.41) is 9.63. The number of methoxy groups -OCH3 is 1. The molecule has 1 aliphatic rings. The second-order valence-corrected chi connectivity index (χ2v) is 6.10. The Kier molecular flexibility index (Phi) is 3.68. The number of hydrogen-bond acceptors (Lipinski definition) is 2. The summed E-state index contributed by atoms with van der Waals surface area (Å²) >= 11 is 0. The zero-order chi connectivity index (χ0) is 14.1. The SMILES string of the molecule is COCC(C)(C)c1ccccc1C1(C(=O)O)CCC1. The molecule has 104 valence electrons. The van der Waals surface area contributed by atoms with Gasteiger partial charge in [0, 0.05) is 12.5 Å². The molecular weight excluding hydrogens is 240 g/mol. The number of carboxylic acid groups (broad SMARTS) is 1. The highest BCUT2D eigenvalue weighted by Crippen LogP contribution is 2.47. The highest BCUT2D eigenvalue weighted by atomic mass is 16.5. The van der Waals surface area contributed by atoms with Gasteiger partial charge in [-0.2, -0.15) is 0 Å². The first-order valence-electron chi connectivity index (χ1n) is 6.76. The average molecular weight is 262 g/mol. The van der Waals surface area contributed by atoms with Gasteiger partial charge >= 0.3 is 5.97 Å². The van der Waals surface area contributed by atoms with Gasteiger partial charge in [-0.05, 0) is 24.0 Å². The topological polar surface area (TPSA) is 46.5 Å². The number of hydrogen-bond donors (Lipinski definition) is 1. The molecule has 1 aromatic rings. The molecule has 1 saturated carbocycles. The van der Waals surface area contributed by atoms with E-state index in [0.717, 1.165) is 30.4 Å². The molecule has 0 unspecified atom stereocenters. The zero-order valence-electron chi connectivity index (χ0n) is 11.9. The largest absolute Gasteiger partial charge is 0.481 e. The van der Waals surface area contributed by atoms with Crippen molar-refractivity contribution in [1.82, 2.24) is 0 Å². The first kappa shape index (κ1) is 14.1. The Hall–Kier alpha value is -1.35. The molecule has 3 nitrogen and oxygen atoms in total. The van der Waals surface area contributed by atoms with E-state index < -0.39 is 11.4 Å². The number of aliphatic carboxylic acids is 1. The zero-order valence-corrected chi connectivity index (χ0v) is 11.9. The molecule has 3 heteroatoms. The van der Waals surface area contributed by atoms with Crippen LogP contribution in [0.5, 0.6) is 0 Å². The molecule has 0 bridgehead atoms. The van der Waals surface area contributed by atoms with Gasteiger partial charge in [0.1, 0.15) is 0 Å². The number of benzene rings is 1. The quantitative estimate of drug-likeness (QED) is 0.886. The Labute approximate surface area is 114 Å². The average Bonchev–Trinajstić information content (AvgIpc) is 2.27. The summed E-state index contributed by atoms with van der Waals surface area (Å²) < 4.78 is 5.29. The number of rotatable bonds is 5. The van der Waals surface area contributed by atoms with Crippen LogP contribution >= 0.6 is 0 Å². The van der Waals surface area contributed by atoms with E-state index in [1.165, 1.54) is 0 Å². The van der Waals surface area contributed by atoms with Crippen LogP contribution in [-0.4, -0.2) is 24.8 Å². The van der Waals surface area contributed by atoms with Crippen molar-refractivity contribution in [2.24, 2.45) is 0 Å². The minimum absolute atomic E-state index is 0.177. The van der Waals surface area contributed by atoms with E-state index in [9.17, 15) is 9.90 Å². The van der Waals surface area contributed by atoms with Crippen LogP contribution in [0, 0.1) is 0 Å². The third-order valence-electron chi connectivity index (χ3n) is 4.29. The van der Waals surface area contributed by atoms with Crippen LogP contribution in [0.25, 0.3) is 0 Å². The lowest BCUT2D eigenvalue weighted by Crippen LogP contribution is -2.44. The normalized spacial score (nSPS) is 17.8. The molecule has 0 aromatic heterocycles. The van der Waals surface area contributed by atoms with Gasteiger partial charge in [0.15, 0.2) is 0 Å². The van der Waals surface area contributed by atoms with Gasteiger partial charge in [-0.3, -0.25) is 4.79 Å². The molecule has 0 aliphatic heterocycles. The molecule has 0 spiro atoms. The van der Waals surface area contributed by atoms with Crippen molar-refractivity contribution < 1.29 is 14.6 Å². The van der Waals surface area contributed by atoms with Gasteiger partial charge in [0.2, 0.25) is 0 Å². The highest BCUT2D eigenvalue weighted by Gasteiger charge is 2.48. The minimum Gasteiger partial charge on any atom is -0.481 e. The Morgan fingerprint density at radius 1 is 1.37 bits per heavy atom. The smallest absolute Gasteiger partial charge is 0.314 e. The second kappa shape index (κ2) is 4.97. The molecule has 1 N–H and O–H groups in total. The van der Waals surface area contributed by atoms with Crippen molar-refractivity contribution >= 4 is 5.97 Å². The molecule has 0 heterocycles. The van der Waals surface area contributed by atoms with E-state index in [0.29, 0.717) is 6.61 Å². The molecule has 0 saturated heterocycles. The molecule has 1 aliphatic carbocycles. The van der Waals surface area contributed by atoms with Crippen LogP contribution in [0.4, 0.5) is 0 Å². The molecule has 1 fully saturated rings. The summed E-state index contributed by atoms with van der Waals surface area (Å²) in [5.41, 5.74) is 1.21. The summed E-state index contributed by atoms with van der Waals surface area (Å²) in [6.07, 6.45) is 2.47. The predicted octanol–water partition coefficient (Wildman–Crippen LogP) is 3.12. The van der Waals surface area contributed by atoms with Crippen molar-refractivity contribution in [2.45, 2.75) is 43.9 Å². The van der Waals surface area contributed by atoms with Crippen LogP contribution in [0.3, 0.4) is 0 Å². The number of carboxylic acids is 1. The van der Waals surface area contributed by atoms with Crippen molar-refractivity contribution in [2.75, 3.05) is 13.7 Å². The predicted molar refractivity (Wildman–Crippen MR) is 74.5 cm³/mol. The fourth-order valence-corrected chi connectivity index (χ4v) is 3.06. The van der Waals surface area contributed by atoms with Crippen LogP contribution in [0.1, 0.15) is 44.2 Å². The summed E-state index contributed by atoms with van der Waals surface area (Å²) in [4.78, 5) is 11.7. The summed E-state index contributed by atoms with van der Waals surface area (Å²) in [7, 11) is 1.68. The lowest BCUT2D eigenvalue weighted by Gasteiger charge is -2.41. The van der Waals surface area contributed by atoms with Crippen molar-refractivity contribution in [3.05, 3.63) is 35.4 Å². The van der Waals surface area contributed by atoms with Crippen molar-refractivity contribution in [3.63, 3.8) is 0 Å². The Balaban J connectivity index is 2.50.